The Labute approximate surface area is 110 Å². The SMILES string of the molecule is CN1C(=O)C2C3=C(C=NC2=[N+](C)C1=O)C(=O)CCC3. The molecule has 0 aromatic heterocycles. The maximum Gasteiger partial charge on any atom is 0.445 e. The van der Waals surface area contributed by atoms with E-state index >= 15 is 0 Å². The molecule has 0 aromatic rings. The molecule has 2 heterocycles. The smallest absolute Gasteiger partial charge is 0.294 e. The summed E-state index contributed by atoms with van der Waals surface area (Å²) in [6, 6.07) is -0.389. The van der Waals surface area contributed by atoms with Gasteiger partial charge >= 0.3 is 11.9 Å². The maximum absolute atomic E-state index is 12.3. The van der Waals surface area contributed by atoms with Gasteiger partial charge in [0.05, 0.1) is 19.7 Å². The Morgan fingerprint density at radius 1 is 1.32 bits per heavy atom. The summed E-state index contributed by atoms with van der Waals surface area (Å²) in [5, 5.41) is 0. The number of amidine groups is 1. The molecule has 0 saturated carbocycles. The van der Waals surface area contributed by atoms with Crippen molar-refractivity contribution in [2.24, 2.45) is 10.9 Å². The van der Waals surface area contributed by atoms with Crippen molar-refractivity contribution in [2.75, 3.05) is 14.1 Å². The van der Waals surface area contributed by atoms with Crippen molar-refractivity contribution in [3.63, 3.8) is 0 Å². The Bertz CT molecular complexity index is 613. The van der Waals surface area contributed by atoms with Gasteiger partial charge < -0.3 is 0 Å². The zero-order valence-electron chi connectivity index (χ0n) is 10.8. The minimum absolute atomic E-state index is 0.0408. The van der Waals surface area contributed by atoms with Gasteiger partial charge in [-0.1, -0.05) is 0 Å². The molecule has 0 saturated heterocycles. The van der Waals surface area contributed by atoms with E-state index < -0.39 is 5.92 Å². The van der Waals surface area contributed by atoms with Gasteiger partial charge in [-0.3, -0.25) is 9.59 Å². The lowest BCUT2D eigenvalue weighted by atomic mass is 9.80. The number of amides is 3. The molecular weight excluding hydrogens is 246 g/mol. The number of hydrogen-bond acceptors (Lipinski definition) is 4. The maximum atomic E-state index is 12.3. The summed E-state index contributed by atoms with van der Waals surface area (Å²) >= 11 is 0. The van der Waals surface area contributed by atoms with E-state index in [-0.39, 0.29) is 17.7 Å². The molecule has 1 atom stereocenters. The molecule has 0 spiro atoms. The number of imide groups is 1. The Morgan fingerprint density at radius 3 is 2.79 bits per heavy atom. The van der Waals surface area contributed by atoms with Crippen LogP contribution in [0.3, 0.4) is 0 Å². The van der Waals surface area contributed by atoms with E-state index in [1.165, 1.54) is 17.8 Å². The number of fused-ring (bicyclic) bond motifs is 2. The lowest BCUT2D eigenvalue weighted by molar-refractivity contribution is -0.407. The second-order valence-electron chi connectivity index (χ2n) is 5.00. The van der Waals surface area contributed by atoms with E-state index in [1.54, 1.807) is 7.05 Å². The molecule has 0 N–H and O–H groups in total. The zero-order chi connectivity index (χ0) is 13.7. The first kappa shape index (κ1) is 12.0. The van der Waals surface area contributed by atoms with Crippen molar-refractivity contribution in [3.8, 4) is 0 Å². The fourth-order valence-electron chi connectivity index (χ4n) is 2.85. The summed E-state index contributed by atoms with van der Waals surface area (Å²) in [5.41, 5.74) is 1.38. The van der Waals surface area contributed by atoms with Crippen LogP contribution in [0.1, 0.15) is 19.3 Å². The van der Waals surface area contributed by atoms with Gasteiger partial charge in [0.25, 0.3) is 5.84 Å². The fraction of sp³-hybridized carbons (Fsp3) is 0.462. The van der Waals surface area contributed by atoms with Crippen LogP contribution in [0.25, 0.3) is 0 Å². The number of nitrogens with zero attached hydrogens (tertiary/aromatic N) is 3. The van der Waals surface area contributed by atoms with Crippen molar-refractivity contribution in [2.45, 2.75) is 19.3 Å². The molecule has 1 aliphatic carbocycles. The van der Waals surface area contributed by atoms with Gasteiger partial charge in [-0.15, -0.1) is 4.99 Å². The summed E-state index contributed by atoms with van der Waals surface area (Å²) in [5.74, 6) is -0.394. The van der Waals surface area contributed by atoms with Crippen LogP contribution in [-0.4, -0.2) is 53.3 Å². The lowest BCUT2D eigenvalue weighted by Gasteiger charge is -2.29. The van der Waals surface area contributed by atoms with E-state index in [0.29, 0.717) is 24.3 Å². The highest BCUT2D eigenvalue weighted by Gasteiger charge is 2.48. The zero-order valence-corrected chi connectivity index (χ0v) is 10.8. The van der Waals surface area contributed by atoms with Gasteiger partial charge in [0, 0.05) is 6.42 Å². The average Bonchev–Trinajstić information content (AvgIpc) is 2.42. The fourth-order valence-corrected chi connectivity index (χ4v) is 2.85. The quantitative estimate of drug-likeness (QED) is 0.591. The predicted octanol–water partition coefficient (Wildman–Crippen LogP) is 0.369. The Balaban J connectivity index is 2.20. The van der Waals surface area contributed by atoms with E-state index in [4.69, 9.17) is 0 Å². The Morgan fingerprint density at radius 2 is 2.05 bits per heavy atom. The molecular formula is C13H14N3O3+. The second kappa shape index (κ2) is 3.94. The summed E-state index contributed by atoms with van der Waals surface area (Å²) < 4.78 is 1.38. The topological polar surface area (TPSA) is 69.8 Å². The van der Waals surface area contributed by atoms with Crippen LogP contribution in [-0.2, 0) is 9.59 Å². The number of dihydropyridines is 1. The number of rotatable bonds is 0. The summed E-state index contributed by atoms with van der Waals surface area (Å²) in [6.45, 7) is 0. The number of aliphatic imine (C=N–C) groups is 1. The molecule has 2 aliphatic heterocycles. The van der Waals surface area contributed by atoms with E-state index in [9.17, 15) is 14.4 Å². The minimum atomic E-state index is -0.572. The Hall–Kier alpha value is -2.11. The number of ketones is 1. The normalized spacial score (nSPS) is 26.9. The number of hydrogen-bond donors (Lipinski definition) is 0. The number of Topliss-reactive ketones (excluding diaryl/α,β-unsaturated/α-hetero) is 1. The third-order valence-electron chi connectivity index (χ3n) is 3.92. The van der Waals surface area contributed by atoms with Crippen LogP contribution in [0.2, 0.25) is 0 Å². The third-order valence-corrected chi connectivity index (χ3v) is 3.92. The number of allylic oxidation sites excluding steroid dienone is 1. The van der Waals surface area contributed by atoms with Crippen LogP contribution < -0.4 is 0 Å². The standard InChI is InChI=1S/C13H14N3O3/c1-15-11-10(12(18)16(2)13(15)19)7-4-3-5-9(17)8(7)6-14-11/h6,10H,3-5H2,1-2H3/q+1. The van der Waals surface area contributed by atoms with Crippen molar-refractivity contribution in [3.05, 3.63) is 11.1 Å². The first-order valence-corrected chi connectivity index (χ1v) is 6.24. The van der Waals surface area contributed by atoms with Gasteiger partial charge in [0.1, 0.15) is 6.21 Å². The first-order valence-electron chi connectivity index (χ1n) is 6.24. The molecule has 0 fully saturated rings. The summed E-state index contributed by atoms with van der Waals surface area (Å²) in [7, 11) is 3.06. The molecule has 0 aromatic carbocycles. The summed E-state index contributed by atoms with van der Waals surface area (Å²) in [4.78, 5) is 41.3. The predicted molar refractivity (Wildman–Crippen MR) is 67.2 cm³/mol. The molecule has 98 valence electrons. The van der Waals surface area contributed by atoms with Gasteiger partial charge in [0.2, 0.25) is 0 Å². The van der Waals surface area contributed by atoms with Crippen molar-refractivity contribution in [1.82, 2.24) is 4.90 Å². The van der Waals surface area contributed by atoms with Crippen LogP contribution in [0.4, 0.5) is 4.79 Å². The number of urea groups is 1. The van der Waals surface area contributed by atoms with Gasteiger partial charge in [-0.2, -0.15) is 9.48 Å². The monoisotopic (exact) mass is 260 g/mol. The van der Waals surface area contributed by atoms with E-state index in [1.807, 2.05) is 0 Å². The highest BCUT2D eigenvalue weighted by molar-refractivity contribution is 6.23. The van der Waals surface area contributed by atoms with Crippen molar-refractivity contribution in [1.29, 1.82) is 0 Å². The van der Waals surface area contributed by atoms with Crippen molar-refractivity contribution >= 4 is 29.8 Å². The molecule has 0 bridgehead atoms. The first-order chi connectivity index (χ1) is 9.02. The molecule has 6 nitrogen and oxygen atoms in total. The molecule has 3 aliphatic rings. The molecule has 6 heteroatoms. The van der Waals surface area contributed by atoms with Gasteiger partial charge in [0.15, 0.2) is 11.7 Å². The second-order valence-corrected chi connectivity index (χ2v) is 5.00. The molecule has 0 radical (unpaired) electrons. The molecule has 3 rings (SSSR count). The molecule has 3 amide bonds. The van der Waals surface area contributed by atoms with Gasteiger partial charge in [-0.05, 0) is 18.4 Å². The highest BCUT2D eigenvalue weighted by atomic mass is 16.2. The van der Waals surface area contributed by atoms with Crippen LogP contribution in [0.5, 0.6) is 0 Å². The third kappa shape index (κ3) is 1.52. The van der Waals surface area contributed by atoms with E-state index in [2.05, 4.69) is 4.99 Å². The number of carbonyl (C=O) groups is 3. The average molecular weight is 260 g/mol. The van der Waals surface area contributed by atoms with E-state index in [0.717, 1.165) is 16.9 Å². The lowest BCUT2D eigenvalue weighted by Crippen LogP contribution is -2.53. The van der Waals surface area contributed by atoms with Crippen LogP contribution >= 0.6 is 0 Å². The minimum Gasteiger partial charge on any atom is -0.294 e. The van der Waals surface area contributed by atoms with Crippen LogP contribution in [0.15, 0.2) is 16.1 Å². The molecule has 1 unspecified atom stereocenters. The number of carbonyl (C=O) groups excluding carboxylic acids is 3. The Kier molecular flexibility index (Phi) is 2.48. The van der Waals surface area contributed by atoms with Crippen LogP contribution in [0, 0.1) is 5.92 Å². The summed E-state index contributed by atoms with van der Waals surface area (Å²) in [6.07, 6.45) is 3.48. The molecule has 19 heavy (non-hydrogen) atoms. The van der Waals surface area contributed by atoms with Gasteiger partial charge in [-0.25, -0.2) is 4.79 Å². The highest BCUT2D eigenvalue weighted by Crippen LogP contribution is 2.33. The van der Waals surface area contributed by atoms with Crippen molar-refractivity contribution < 1.29 is 19.0 Å². The largest absolute Gasteiger partial charge is 0.445 e.